The minimum absolute atomic E-state index is 0.0451. The number of carbonyl (C=O) groups excluding carboxylic acids is 2. The van der Waals surface area contributed by atoms with Gasteiger partial charge in [0.25, 0.3) is 0 Å². The lowest BCUT2D eigenvalue weighted by Crippen LogP contribution is -2.06. The van der Waals surface area contributed by atoms with Crippen LogP contribution in [0.1, 0.15) is 20.3 Å². The Hall–Kier alpha value is -1.42. The highest BCUT2D eigenvalue weighted by molar-refractivity contribution is 5.86. The second-order valence-corrected chi connectivity index (χ2v) is 2.66. The van der Waals surface area contributed by atoms with Gasteiger partial charge in [-0.15, -0.1) is 0 Å². The molecule has 0 bridgehead atoms. The van der Waals surface area contributed by atoms with E-state index >= 15 is 0 Å². The van der Waals surface area contributed by atoms with E-state index in [4.69, 9.17) is 5.11 Å². The molecule has 86 valence electrons. The lowest BCUT2D eigenvalue weighted by Gasteiger charge is -2.00. The number of rotatable bonds is 5. The van der Waals surface area contributed by atoms with Gasteiger partial charge in [0.05, 0.1) is 6.61 Å². The zero-order valence-corrected chi connectivity index (χ0v) is 9.23. The van der Waals surface area contributed by atoms with Crippen molar-refractivity contribution in [1.29, 1.82) is 0 Å². The van der Waals surface area contributed by atoms with Gasteiger partial charge in [0.1, 0.15) is 6.29 Å². The summed E-state index contributed by atoms with van der Waals surface area (Å²) in [5.74, 6) is -0.395. The van der Waals surface area contributed by atoms with Crippen molar-refractivity contribution in [2.24, 2.45) is 0 Å². The van der Waals surface area contributed by atoms with Gasteiger partial charge in [0.15, 0.2) is 0 Å². The van der Waals surface area contributed by atoms with Crippen molar-refractivity contribution in [2.75, 3.05) is 13.2 Å². The molecule has 0 saturated heterocycles. The van der Waals surface area contributed by atoms with E-state index in [1.54, 1.807) is 19.9 Å². The van der Waals surface area contributed by atoms with E-state index in [1.165, 1.54) is 6.08 Å². The summed E-state index contributed by atoms with van der Waals surface area (Å²) in [7, 11) is 0. The number of ether oxygens (including phenoxy) is 1. The molecular weight excluding hydrogens is 196 g/mol. The summed E-state index contributed by atoms with van der Waals surface area (Å²) in [6, 6.07) is 0. The highest BCUT2D eigenvalue weighted by atomic mass is 16.5. The summed E-state index contributed by atoms with van der Waals surface area (Å²) >= 11 is 0. The Labute approximate surface area is 90.2 Å². The van der Waals surface area contributed by atoms with Crippen molar-refractivity contribution in [3.05, 3.63) is 24.3 Å². The Morgan fingerprint density at radius 3 is 2.40 bits per heavy atom. The second-order valence-electron chi connectivity index (χ2n) is 2.66. The Bertz CT molecular complexity index is 219. The first-order valence-corrected chi connectivity index (χ1v) is 4.60. The molecule has 0 spiro atoms. The summed E-state index contributed by atoms with van der Waals surface area (Å²) in [5.41, 5.74) is 0.387. The summed E-state index contributed by atoms with van der Waals surface area (Å²) in [6.07, 6.45) is 4.37. The van der Waals surface area contributed by atoms with E-state index in [1.807, 2.05) is 0 Å². The van der Waals surface area contributed by atoms with Gasteiger partial charge in [-0.25, -0.2) is 4.79 Å². The van der Waals surface area contributed by atoms with E-state index in [-0.39, 0.29) is 13.2 Å². The van der Waals surface area contributed by atoms with Gasteiger partial charge < -0.3 is 9.84 Å². The SMILES string of the molecule is C=C(C)C(=O)OCCCO.CC=CC=O. The quantitative estimate of drug-likeness (QED) is 0.324. The van der Waals surface area contributed by atoms with Crippen molar-refractivity contribution in [3.8, 4) is 0 Å². The highest BCUT2D eigenvalue weighted by Crippen LogP contribution is 1.92. The zero-order valence-electron chi connectivity index (χ0n) is 9.23. The predicted octanol–water partition coefficient (Wildman–Crippen LogP) is 1.25. The standard InChI is InChI=1S/C7H12O3.C4H6O/c1-6(2)7(9)10-5-3-4-8;1-2-3-4-5/h8H,1,3-5H2,2H3;2-4H,1H3. The van der Waals surface area contributed by atoms with Crippen LogP contribution in [0.3, 0.4) is 0 Å². The molecule has 15 heavy (non-hydrogen) atoms. The first kappa shape index (κ1) is 16.0. The molecule has 0 amide bonds. The third kappa shape index (κ3) is 15.3. The van der Waals surface area contributed by atoms with Crippen LogP contribution in [0.5, 0.6) is 0 Å². The van der Waals surface area contributed by atoms with Crippen molar-refractivity contribution >= 4 is 12.3 Å². The second kappa shape index (κ2) is 12.6. The molecule has 0 atom stereocenters. The number of esters is 1. The van der Waals surface area contributed by atoms with Crippen LogP contribution in [-0.2, 0) is 14.3 Å². The highest BCUT2D eigenvalue weighted by Gasteiger charge is 2.00. The third-order valence-electron chi connectivity index (χ3n) is 1.16. The third-order valence-corrected chi connectivity index (χ3v) is 1.16. The van der Waals surface area contributed by atoms with Gasteiger partial charge >= 0.3 is 5.97 Å². The lowest BCUT2D eigenvalue weighted by atomic mass is 10.4. The van der Waals surface area contributed by atoms with Crippen molar-refractivity contribution in [3.63, 3.8) is 0 Å². The Kier molecular flexibility index (Phi) is 13.4. The topological polar surface area (TPSA) is 63.6 Å². The average molecular weight is 214 g/mol. The normalized spacial score (nSPS) is 9.00. The number of carbonyl (C=O) groups is 2. The Balaban J connectivity index is 0. The summed E-state index contributed by atoms with van der Waals surface area (Å²) in [6.45, 7) is 7.09. The molecule has 0 aliphatic heterocycles. The van der Waals surface area contributed by atoms with E-state index in [9.17, 15) is 9.59 Å². The molecule has 0 saturated carbocycles. The van der Waals surface area contributed by atoms with Crippen LogP contribution in [0.2, 0.25) is 0 Å². The average Bonchev–Trinajstić information content (AvgIpc) is 2.20. The van der Waals surface area contributed by atoms with Gasteiger partial charge in [-0.1, -0.05) is 12.7 Å². The van der Waals surface area contributed by atoms with Crippen LogP contribution in [0.15, 0.2) is 24.3 Å². The van der Waals surface area contributed by atoms with Gasteiger partial charge in [0.2, 0.25) is 0 Å². The fraction of sp³-hybridized carbons (Fsp3) is 0.455. The van der Waals surface area contributed by atoms with E-state index in [0.29, 0.717) is 12.0 Å². The van der Waals surface area contributed by atoms with Crippen molar-refractivity contribution in [2.45, 2.75) is 20.3 Å². The molecule has 0 aliphatic carbocycles. The molecule has 0 aromatic heterocycles. The van der Waals surface area contributed by atoms with E-state index in [0.717, 1.165) is 6.29 Å². The molecule has 0 aliphatic rings. The molecule has 0 heterocycles. The maximum Gasteiger partial charge on any atom is 0.333 e. The lowest BCUT2D eigenvalue weighted by molar-refractivity contribution is -0.139. The van der Waals surface area contributed by atoms with Crippen LogP contribution in [-0.4, -0.2) is 30.6 Å². The van der Waals surface area contributed by atoms with Crippen LogP contribution in [0.4, 0.5) is 0 Å². The minimum atomic E-state index is -0.395. The number of allylic oxidation sites excluding steroid dienone is 2. The Morgan fingerprint density at radius 1 is 1.53 bits per heavy atom. The molecule has 0 unspecified atom stereocenters. The zero-order chi connectivity index (χ0) is 12.1. The number of aldehydes is 1. The first-order chi connectivity index (χ1) is 7.09. The van der Waals surface area contributed by atoms with Gasteiger partial charge in [0, 0.05) is 18.6 Å². The minimum Gasteiger partial charge on any atom is -0.462 e. The number of aliphatic hydroxyl groups excluding tert-OH is 1. The Morgan fingerprint density at radius 2 is 2.13 bits per heavy atom. The first-order valence-electron chi connectivity index (χ1n) is 4.60. The van der Waals surface area contributed by atoms with E-state index in [2.05, 4.69) is 11.3 Å². The van der Waals surface area contributed by atoms with Crippen LogP contribution < -0.4 is 0 Å². The van der Waals surface area contributed by atoms with Crippen molar-refractivity contribution < 1.29 is 19.4 Å². The van der Waals surface area contributed by atoms with E-state index < -0.39 is 5.97 Å². The molecule has 0 aromatic carbocycles. The number of aliphatic hydroxyl groups is 1. The van der Waals surface area contributed by atoms with Gasteiger partial charge in [-0.3, -0.25) is 4.79 Å². The number of hydrogen-bond acceptors (Lipinski definition) is 4. The summed E-state index contributed by atoms with van der Waals surface area (Å²) in [5, 5.41) is 8.30. The monoisotopic (exact) mass is 214 g/mol. The van der Waals surface area contributed by atoms with Gasteiger partial charge in [-0.05, 0) is 19.9 Å². The molecule has 0 radical (unpaired) electrons. The van der Waals surface area contributed by atoms with Crippen LogP contribution in [0.25, 0.3) is 0 Å². The summed E-state index contributed by atoms with van der Waals surface area (Å²) < 4.78 is 4.65. The van der Waals surface area contributed by atoms with Gasteiger partial charge in [-0.2, -0.15) is 0 Å². The van der Waals surface area contributed by atoms with Crippen LogP contribution in [0, 0.1) is 0 Å². The summed E-state index contributed by atoms with van der Waals surface area (Å²) in [4.78, 5) is 19.9. The fourth-order valence-corrected chi connectivity index (χ4v) is 0.431. The maximum atomic E-state index is 10.6. The molecule has 4 heteroatoms. The smallest absolute Gasteiger partial charge is 0.333 e. The molecule has 0 rings (SSSR count). The molecule has 4 nitrogen and oxygen atoms in total. The molecule has 1 N–H and O–H groups in total. The predicted molar refractivity (Wildman–Crippen MR) is 58.4 cm³/mol. The van der Waals surface area contributed by atoms with Crippen LogP contribution >= 0.6 is 0 Å². The largest absolute Gasteiger partial charge is 0.462 e. The molecule has 0 fully saturated rings. The molecule has 0 aromatic rings. The van der Waals surface area contributed by atoms with Crippen molar-refractivity contribution in [1.82, 2.24) is 0 Å². The molecular formula is C11H18O4. The number of hydrogen-bond donors (Lipinski definition) is 1. The fourth-order valence-electron chi connectivity index (χ4n) is 0.431. The maximum absolute atomic E-state index is 10.6.